The molecule has 0 bridgehead atoms. The van der Waals surface area contributed by atoms with E-state index < -0.39 is 0 Å². The average Bonchev–Trinajstić information content (AvgIpc) is 2.25. The number of aromatic hydroxyl groups is 1. The van der Waals surface area contributed by atoms with E-state index in [9.17, 15) is 5.11 Å². The number of benzene rings is 1. The van der Waals surface area contributed by atoms with Gasteiger partial charge in [0.2, 0.25) is 0 Å². The molecule has 2 rings (SSSR count). The van der Waals surface area contributed by atoms with Crippen LogP contribution in [0, 0.1) is 13.8 Å². The summed E-state index contributed by atoms with van der Waals surface area (Å²) in [5.41, 5.74) is 3.81. The molecule has 2 aromatic rings. The number of phenols is 1. The van der Waals surface area contributed by atoms with Crippen molar-refractivity contribution >= 4 is 13.4 Å². The van der Waals surface area contributed by atoms with Crippen LogP contribution in [0.25, 0.3) is 11.3 Å². The van der Waals surface area contributed by atoms with Gasteiger partial charge in [-0.15, -0.1) is 0 Å². The number of nitrogens with zero attached hydrogens (tertiary/aromatic N) is 2. The van der Waals surface area contributed by atoms with Gasteiger partial charge in [0.25, 0.3) is 0 Å². The fourth-order valence-corrected chi connectivity index (χ4v) is 1.49. The van der Waals surface area contributed by atoms with Gasteiger partial charge in [-0.1, -0.05) is 0 Å². The van der Waals surface area contributed by atoms with Crippen LogP contribution in [-0.4, -0.2) is 23.2 Å². The van der Waals surface area contributed by atoms with E-state index >= 15 is 0 Å². The first-order chi connectivity index (χ1) is 7.58. The highest BCUT2D eigenvalue weighted by atomic mass is 16.3. The summed E-state index contributed by atoms with van der Waals surface area (Å²) in [7, 11) is 5.46. The molecule has 0 amide bonds. The second kappa shape index (κ2) is 3.97. The molecule has 0 atom stereocenters. The molecule has 3 nitrogen and oxygen atoms in total. The fourth-order valence-electron chi connectivity index (χ4n) is 1.49. The molecule has 78 valence electrons. The highest BCUT2D eigenvalue weighted by Crippen LogP contribution is 2.29. The zero-order valence-corrected chi connectivity index (χ0v) is 9.23. The molecule has 0 fully saturated rings. The molecular formula is C12H11BN2O. The van der Waals surface area contributed by atoms with Crippen molar-refractivity contribution < 1.29 is 5.11 Å². The lowest BCUT2D eigenvalue weighted by molar-refractivity contribution is 0.476. The van der Waals surface area contributed by atoms with Crippen molar-refractivity contribution in [3.8, 4) is 17.0 Å². The van der Waals surface area contributed by atoms with E-state index in [2.05, 4.69) is 10.2 Å². The molecule has 0 saturated heterocycles. The van der Waals surface area contributed by atoms with Crippen molar-refractivity contribution in [2.75, 3.05) is 0 Å². The normalized spacial score (nSPS) is 10.4. The second-order valence-electron chi connectivity index (χ2n) is 3.80. The van der Waals surface area contributed by atoms with E-state index in [1.165, 1.54) is 0 Å². The molecule has 0 unspecified atom stereocenters. The summed E-state index contributed by atoms with van der Waals surface area (Å²) in [5.74, 6) is 0.210. The van der Waals surface area contributed by atoms with Crippen LogP contribution >= 0.6 is 0 Å². The Morgan fingerprint density at radius 2 is 1.75 bits per heavy atom. The molecule has 4 heteroatoms. The van der Waals surface area contributed by atoms with Crippen molar-refractivity contribution in [1.82, 2.24) is 10.2 Å². The van der Waals surface area contributed by atoms with E-state index in [0.29, 0.717) is 16.9 Å². The number of rotatable bonds is 1. The monoisotopic (exact) mass is 210 g/mol. The summed E-state index contributed by atoms with van der Waals surface area (Å²) in [6, 6.07) is 7.02. The van der Waals surface area contributed by atoms with Crippen LogP contribution in [-0.2, 0) is 0 Å². The predicted molar refractivity (Wildman–Crippen MR) is 64.0 cm³/mol. The number of hydrogen-bond acceptors (Lipinski definition) is 3. The second-order valence-corrected chi connectivity index (χ2v) is 3.80. The summed E-state index contributed by atoms with van der Waals surface area (Å²) in [4.78, 5) is 0. The Hall–Kier alpha value is -1.84. The van der Waals surface area contributed by atoms with Crippen LogP contribution < -0.4 is 5.59 Å². The van der Waals surface area contributed by atoms with Gasteiger partial charge in [0.05, 0.1) is 5.69 Å². The third-order valence-corrected chi connectivity index (χ3v) is 2.57. The van der Waals surface area contributed by atoms with Gasteiger partial charge in [0, 0.05) is 11.2 Å². The van der Waals surface area contributed by atoms with Crippen LogP contribution in [0.4, 0.5) is 0 Å². The van der Waals surface area contributed by atoms with E-state index in [0.717, 1.165) is 11.1 Å². The average molecular weight is 210 g/mol. The first-order valence-electron chi connectivity index (χ1n) is 4.97. The highest BCUT2D eigenvalue weighted by molar-refractivity contribution is 6.30. The lowest BCUT2D eigenvalue weighted by Crippen LogP contribution is -2.09. The minimum absolute atomic E-state index is 0.210. The third-order valence-electron chi connectivity index (χ3n) is 2.57. The smallest absolute Gasteiger partial charge is 0.144 e. The van der Waals surface area contributed by atoms with Crippen LogP contribution in [0.5, 0.6) is 5.75 Å². The van der Waals surface area contributed by atoms with Gasteiger partial charge in [-0.05, 0) is 49.2 Å². The maximum absolute atomic E-state index is 9.84. The molecule has 1 aromatic carbocycles. The summed E-state index contributed by atoms with van der Waals surface area (Å²) in [5, 5.41) is 17.6. The van der Waals surface area contributed by atoms with Crippen molar-refractivity contribution in [3.05, 3.63) is 35.4 Å². The zero-order chi connectivity index (χ0) is 11.7. The van der Waals surface area contributed by atoms with E-state index in [-0.39, 0.29) is 5.75 Å². The lowest BCUT2D eigenvalue weighted by atomic mass is 10.0. The minimum Gasteiger partial charge on any atom is -0.507 e. The van der Waals surface area contributed by atoms with Gasteiger partial charge in [-0.25, -0.2) is 0 Å². The van der Waals surface area contributed by atoms with Gasteiger partial charge in [0.15, 0.2) is 0 Å². The first-order valence-corrected chi connectivity index (χ1v) is 4.97. The third kappa shape index (κ3) is 1.91. The molecule has 0 aliphatic carbocycles. The summed E-state index contributed by atoms with van der Waals surface area (Å²) in [6.45, 7) is 3.94. The summed E-state index contributed by atoms with van der Waals surface area (Å²) >= 11 is 0. The SMILES string of the molecule is [B]c1ccc(-c2cc(C)c(C)cc2O)nn1. The van der Waals surface area contributed by atoms with Crippen LogP contribution in [0.15, 0.2) is 24.3 Å². The van der Waals surface area contributed by atoms with Crippen molar-refractivity contribution in [3.63, 3.8) is 0 Å². The first kappa shape index (κ1) is 10.7. The van der Waals surface area contributed by atoms with Gasteiger partial charge in [-0.2, -0.15) is 10.2 Å². The number of aromatic nitrogens is 2. The number of phenolic OH excluding ortho intramolecular Hbond substituents is 1. The molecule has 2 radical (unpaired) electrons. The molecule has 0 saturated carbocycles. The molecule has 1 aromatic heterocycles. The summed E-state index contributed by atoms with van der Waals surface area (Å²) in [6.07, 6.45) is 0. The molecule has 0 aliphatic rings. The predicted octanol–water partition coefficient (Wildman–Crippen LogP) is 1.26. The Morgan fingerprint density at radius 3 is 2.38 bits per heavy atom. The van der Waals surface area contributed by atoms with Gasteiger partial charge >= 0.3 is 0 Å². The topological polar surface area (TPSA) is 46.0 Å². The van der Waals surface area contributed by atoms with Crippen molar-refractivity contribution in [1.29, 1.82) is 0 Å². The van der Waals surface area contributed by atoms with E-state index in [1.54, 1.807) is 18.2 Å². The quantitative estimate of drug-likeness (QED) is 0.720. The van der Waals surface area contributed by atoms with E-state index in [1.807, 2.05) is 19.9 Å². The lowest BCUT2D eigenvalue weighted by Gasteiger charge is -2.07. The number of hydrogen-bond donors (Lipinski definition) is 1. The Bertz CT molecular complexity index is 523. The molecule has 0 spiro atoms. The van der Waals surface area contributed by atoms with Crippen molar-refractivity contribution in [2.45, 2.75) is 13.8 Å². The van der Waals surface area contributed by atoms with Crippen LogP contribution in [0.3, 0.4) is 0 Å². The number of aryl methyl sites for hydroxylation is 2. The molecule has 0 aliphatic heterocycles. The van der Waals surface area contributed by atoms with Crippen LogP contribution in [0.1, 0.15) is 11.1 Å². The Morgan fingerprint density at radius 1 is 1.06 bits per heavy atom. The Balaban J connectivity index is 2.56. The minimum atomic E-state index is 0.210. The molecule has 1 heterocycles. The molecule has 16 heavy (non-hydrogen) atoms. The Labute approximate surface area is 95.6 Å². The summed E-state index contributed by atoms with van der Waals surface area (Å²) < 4.78 is 0. The highest BCUT2D eigenvalue weighted by Gasteiger charge is 2.08. The zero-order valence-electron chi connectivity index (χ0n) is 9.23. The maximum atomic E-state index is 9.84. The Kier molecular flexibility index (Phi) is 2.65. The van der Waals surface area contributed by atoms with Gasteiger partial charge in [0.1, 0.15) is 13.6 Å². The molecule has 1 N–H and O–H groups in total. The fraction of sp³-hybridized carbons (Fsp3) is 0.167. The van der Waals surface area contributed by atoms with E-state index in [4.69, 9.17) is 7.85 Å². The van der Waals surface area contributed by atoms with Gasteiger partial charge < -0.3 is 5.11 Å². The standard InChI is InChI=1S/C12H11BN2O/c1-7-5-9(11(16)6-8(7)2)10-3-4-12(13)15-14-10/h3-6,16H,1-2H3. The van der Waals surface area contributed by atoms with Crippen molar-refractivity contribution in [2.24, 2.45) is 0 Å². The largest absolute Gasteiger partial charge is 0.507 e. The van der Waals surface area contributed by atoms with Crippen LogP contribution in [0.2, 0.25) is 0 Å². The maximum Gasteiger partial charge on any atom is 0.144 e. The molecular weight excluding hydrogens is 199 g/mol. The van der Waals surface area contributed by atoms with Gasteiger partial charge in [-0.3, -0.25) is 0 Å².